The molecule has 4 rings (SSSR count). The first-order chi connectivity index (χ1) is 14.8. The van der Waals surface area contributed by atoms with Gasteiger partial charge < -0.3 is 9.47 Å². The van der Waals surface area contributed by atoms with Crippen molar-refractivity contribution in [1.29, 1.82) is 0 Å². The van der Waals surface area contributed by atoms with Crippen molar-refractivity contribution in [1.82, 2.24) is 4.98 Å². The van der Waals surface area contributed by atoms with Crippen LogP contribution in [0, 0.1) is 11.2 Å². The number of Topliss-reactive ketones (excluding diaryl/α,β-unsaturated/α-hetero) is 1. The summed E-state index contributed by atoms with van der Waals surface area (Å²) in [5.74, 6) is 0.0538. The second-order valence-electron chi connectivity index (χ2n) is 7.98. The van der Waals surface area contributed by atoms with Gasteiger partial charge >= 0.3 is 6.09 Å². The molecule has 1 atom stereocenters. The van der Waals surface area contributed by atoms with Crippen molar-refractivity contribution in [2.24, 2.45) is 5.41 Å². The largest absolute Gasteiger partial charge is 0.492 e. The predicted octanol–water partition coefficient (Wildman–Crippen LogP) is 5.11. The lowest BCUT2D eigenvalue weighted by atomic mass is 9.83. The van der Waals surface area contributed by atoms with Crippen LogP contribution in [-0.2, 0) is 4.74 Å². The Hall–Kier alpha value is -3.74. The van der Waals surface area contributed by atoms with Gasteiger partial charge in [0, 0.05) is 11.6 Å². The van der Waals surface area contributed by atoms with Gasteiger partial charge in [0.15, 0.2) is 6.10 Å². The monoisotopic (exact) mass is 420 g/mol. The van der Waals surface area contributed by atoms with E-state index in [2.05, 4.69) is 10.3 Å². The smallest absolute Gasteiger partial charge is 0.413 e. The maximum absolute atomic E-state index is 13.3. The second-order valence-corrected chi connectivity index (χ2v) is 7.98. The molecule has 3 aromatic rings. The van der Waals surface area contributed by atoms with E-state index in [0.717, 1.165) is 11.1 Å². The van der Waals surface area contributed by atoms with Crippen LogP contribution in [0.5, 0.6) is 5.75 Å². The highest BCUT2D eigenvalue weighted by Gasteiger charge is 2.43. The number of carbonyl (C=O) groups is 2. The number of aromatic nitrogens is 1. The van der Waals surface area contributed by atoms with E-state index in [1.165, 1.54) is 12.1 Å². The summed E-state index contributed by atoms with van der Waals surface area (Å²) in [6.07, 6.45) is -0.273. The topological polar surface area (TPSA) is 77.5 Å². The number of ketones is 1. The lowest BCUT2D eigenvalue weighted by Crippen LogP contribution is -2.43. The summed E-state index contributed by atoms with van der Waals surface area (Å²) in [5, 5.41) is 2.53. The number of nitrogens with one attached hydrogen (secondary N) is 1. The summed E-state index contributed by atoms with van der Waals surface area (Å²) in [6.45, 7) is 3.77. The quantitative estimate of drug-likeness (QED) is 0.637. The number of nitrogens with zero attached hydrogens (tertiary/aromatic N) is 1. The first-order valence-electron chi connectivity index (χ1n) is 9.79. The molecule has 1 aromatic heterocycles. The van der Waals surface area contributed by atoms with E-state index in [0.29, 0.717) is 17.1 Å². The predicted molar refractivity (Wildman–Crippen MR) is 114 cm³/mol. The zero-order valence-corrected chi connectivity index (χ0v) is 17.1. The molecule has 0 radical (unpaired) electrons. The number of benzene rings is 2. The van der Waals surface area contributed by atoms with E-state index in [1.54, 1.807) is 68.6 Å². The third-order valence-electron chi connectivity index (χ3n) is 5.09. The fourth-order valence-corrected chi connectivity index (χ4v) is 3.39. The highest BCUT2D eigenvalue weighted by atomic mass is 19.1. The Morgan fingerprint density at radius 1 is 1.13 bits per heavy atom. The van der Waals surface area contributed by atoms with Crippen LogP contribution in [0.4, 0.5) is 15.0 Å². The molecule has 0 saturated heterocycles. The molecule has 0 saturated carbocycles. The fraction of sp³-hybridized carbons (Fsp3) is 0.208. The average molecular weight is 420 g/mol. The number of hydrogen-bond donors (Lipinski definition) is 1. The molecule has 1 aliphatic rings. The number of fused-ring (bicyclic) bond motifs is 1. The molecule has 1 aliphatic heterocycles. The molecule has 2 heterocycles. The Morgan fingerprint density at radius 3 is 2.58 bits per heavy atom. The standard InChI is InChI=1S/C24H21FN2O4/c1-24(2)14-30-19-13-16(15-6-9-17(25)10-7-15)8-11-18(19)21(28)22(24)31-23(29)27-20-5-3-4-12-26-20/h3-13,22H,14H2,1-2H3,(H,26,27,29). The molecule has 1 unspecified atom stereocenters. The van der Waals surface area contributed by atoms with Crippen LogP contribution >= 0.6 is 0 Å². The summed E-state index contributed by atoms with van der Waals surface area (Å²) >= 11 is 0. The van der Waals surface area contributed by atoms with Crippen molar-refractivity contribution in [2.75, 3.05) is 11.9 Å². The van der Waals surface area contributed by atoms with E-state index in [-0.39, 0.29) is 18.2 Å². The van der Waals surface area contributed by atoms with E-state index in [4.69, 9.17) is 9.47 Å². The lowest BCUT2D eigenvalue weighted by molar-refractivity contribution is 0.0150. The molecule has 0 aliphatic carbocycles. The molecule has 7 heteroatoms. The molecular weight excluding hydrogens is 399 g/mol. The first kappa shape index (κ1) is 20.5. The molecule has 158 valence electrons. The third-order valence-corrected chi connectivity index (χ3v) is 5.09. The molecule has 0 fully saturated rings. The van der Waals surface area contributed by atoms with Crippen molar-refractivity contribution in [2.45, 2.75) is 20.0 Å². The number of hydrogen-bond acceptors (Lipinski definition) is 5. The van der Waals surface area contributed by atoms with Crippen molar-refractivity contribution >= 4 is 17.7 Å². The number of halogens is 1. The minimum Gasteiger partial charge on any atom is -0.492 e. The average Bonchev–Trinajstić information content (AvgIpc) is 2.85. The van der Waals surface area contributed by atoms with Gasteiger partial charge in [0.1, 0.15) is 17.4 Å². The third kappa shape index (κ3) is 4.40. The molecule has 2 aromatic carbocycles. The lowest BCUT2D eigenvalue weighted by Gasteiger charge is -2.29. The molecule has 31 heavy (non-hydrogen) atoms. The Kier molecular flexibility index (Phi) is 5.42. The SMILES string of the molecule is CC1(C)COc2cc(-c3ccc(F)cc3)ccc2C(=O)C1OC(=O)Nc1ccccn1. The molecule has 0 bridgehead atoms. The van der Waals surface area contributed by atoms with Crippen LogP contribution in [0.15, 0.2) is 66.9 Å². The Morgan fingerprint density at radius 2 is 1.87 bits per heavy atom. The summed E-state index contributed by atoms with van der Waals surface area (Å²) in [6, 6.07) is 16.3. The Labute approximate surface area is 179 Å². The van der Waals surface area contributed by atoms with Gasteiger partial charge in [-0.05, 0) is 47.5 Å². The van der Waals surface area contributed by atoms with E-state index < -0.39 is 17.6 Å². The van der Waals surface area contributed by atoms with E-state index in [1.807, 2.05) is 0 Å². The molecule has 0 spiro atoms. The van der Waals surface area contributed by atoms with Gasteiger partial charge in [-0.15, -0.1) is 0 Å². The van der Waals surface area contributed by atoms with Crippen molar-refractivity contribution in [3.63, 3.8) is 0 Å². The van der Waals surface area contributed by atoms with Gasteiger partial charge in [0.05, 0.1) is 12.2 Å². The van der Waals surface area contributed by atoms with Gasteiger partial charge in [0.25, 0.3) is 0 Å². The highest BCUT2D eigenvalue weighted by molar-refractivity contribution is 6.04. The minimum atomic E-state index is -1.05. The summed E-state index contributed by atoms with van der Waals surface area (Å²) in [5.41, 5.74) is 1.14. The summed E-state index contributed by atoms with van der Waals surface area (Å²) < 4.78 is 24.7. The van der Waals surface area contributed by atoms with Gasteiger partial charge in [-0.25, -0.2) is 14.2 Å². The number of ether oxygens (including phenoxy) is 2. The minimum absolute atomic E-state index is 0.167. The van der Waals surface area contributed by atoms with Crippen molar-refractivity contribution in [3.05, 3.63) is 78.2 Å². The van der Waals surface area contributed by atoms with Crippen LogP contribution in [0.1, 0.15) is 24.2 Å². The number of anilines is 1. The number of rotatable bonds is 3. The summed E-state index contributed by atoms with van der Waals surface area (Å²) in [7, 11) is 0. The molecule has 1 N–H and O–H groups in total. The fourth-order valence-electron chi connectivity index (χ4n) is 3.39. The zero-order chi connectivity index (χ0) is 22.0. The van der Waals surface area contributed by atoms with Crippen molar-refractivity contribution in [3.8, 4) is 16.9 Å². The normalized spacial score (nSPS) is 17.1. The van der Waals surface area contributed by atoms with Gasteiger partial charge in [0.2, 0.25) is 5.78 Å². The number of pyridine rings is 1. The Balaban J connectivity index is 1.60. The van der Waals surface area contributed by atoms with E-state index >= 15 is 0 Å². The second kappa shape index (κ2) is 8.18. The zero-order valence-electron chi connectivity index (χ0n) is 17.1. The molecular formula is C24H21FN2O4. The maximum Gasteiger partial charge on any atom is 0.413 e. The summed E-state index contributed by atoms with van der Waals surface area (Å²) in [4.78, 5) is 29.7. The Bertz CT molecular complexity index is 1110. The molecule has 6 nitrogen and oxygen atoms in total. The molecule has 1 amide bonds. The van der Waals surface area contributed by atoms with Crippen LogP contribution < -0.4 is 10.1 Å². The maximum atomic E-state index is 13.3. The van der Waals surface area contributed by atoms with Crippen molar-refractivity contribution < 1.29 is 23.5 Å². The van der Waals surface area contributed by atoms with Crippen LogP contribution in [0.2, 0.25) is 0 Å². The van der Waals surface area contributed by atoms with Crippen LogP contribution in [0.3, 0.4) is 0 Å². The van der Waals surface area contributed by atoms with Crippen LogP contribution in [-0.4, -0.2) is 29.6 Å². The van der Waals surface area contributed by atoms with Crippen LogP contribution in [0.25, 0.3) is 11.1 Å². The van der Waals surface area contributed by atoms with Gasteiger partial charge in [-0.3, -0.25) is 10.1 Å². The highest BCUT2D eigenvalue weighted by Crippen LogP contribution is 2.37. The van der Waals surface area contributed by atoms with Gasteiger partial charge in [-0.2, -0.15) is 0 Å². The van der Waals surface area contributed by atoms with E-state index in [9.17, 15) is 14.0 Å². The number of amides is 1. The van der Waals surface area contributed by atoms with Gasteiger partial charge in [-0.1, -0.05) is 38.1 Å². The number of carbonyl (C=O) groups excluding carboxylic acids is 2. The first-order valence-corrected chi connectivity index (χ1v) is 9.79.